The maximum atomic E-state index is 10.8. The molecule has 0 saturated carbocycles. The van der Waals surface area contributed by atoms with Gasteiger partial charge < -0.3 is 11.1 Å². The van der Waals surface area contributed by atoms with E-state index in [1.54, 1.807) is 0 Å². The van der Waals surface area contributed by atoms with Gasteiger partial charge >= 0.3 is 0 Å². The highest BCUT2D eigenvalue weighted by atomic mass is 32.2. The minimum Gasteiger partial charge on any atom is -0.381 e. The second-order valence-electron chi connectivity index (χ2n) is 3.96. The van der Waals surface area contributed by atoms with Crippen molar-refractivity contribution in [3.8, 4) is 0 Å². The number of para-hydroxylation sites is 1. The molecule has 3 nitrogen and oxygen atoms in total. The number of rotatable bonds is 5. The molecule has 0 aliphatic carbocycles. The van der Waals surface area contributed by atoms with Crippen LogP contribution in [-0.4, -0.2) is 29.2 Å². The Morgan fingerprint density at radius 3 is 3.06 bits per heavy atom. The van der Waals surface area contributed by atoms with Crippen molar-refractivity contribution in [2.24, 2.45) is 5.73 Å². The van der Waals surface area contributed by atoms with Crippen LogP contribution in [0.4, 0.5) is 5.69 Å². The summed E-state index contributed by atoms with van der Waals surface area (Å²) in [4.78, 5) is 11.9. The lowest BCUT2D eigenvalue weighted by atomic mass is 10.2. The van der Waals surface area contributed by atoms with Gasteiger partial charge in [0.25, 0.3) is 0 Å². The molecule has 1 unspecified atom stereocenters. The van der Waals surface area contributed by atoms with E-state index >= 15 is 0 Å². The number of thioether (sulfide) groups is 2. The number of nitrogens with one attached hydrogen (secondary N) is 1. The van der Waals surface area contributed by atoms with E-state index in [9.17, 15) is 4.79 Å². The standard InChI is InChI=1S/C12H16N2OS2/c13-12(15)8-17-11-4-2-1-3-10(11)14-9-5-6-16-7-9/h1-4,9,14H,5-8H2,(H2,13,15). The van der Waals surface area contributed by atoms with Gasteiger partial charge in [-0.1, -0.05) is 12.1 Å². The largest absolute Gasteiger partial charge is 0.381 e. The summed E-state index contributed by atoms with van der Waals surface area (Å²) in [6, 6.07) is 8.64. The summed E-state index contributed by atoms with van der Waals surface area (Å²) in [5, 5.41) is 3.54. The van der Waals surface area contributed by atoms with Crippen molar-refractivity contribution in [3.05, 3.63) is 24.3 Å². The van der Waals surface area contributed by atoms with Crippen LogP contribution >= 0.6 is 23.5 Å². The first-order chi connectivity index (χ1) is 8.25. The molecule has 0 radical (unpaired) electrons. The molecule has 5 heteroatoms. The highest BCUT2D eigenvalue weighted by Gasteiger charge is 2.16. The van der Waals surface area contributed by atoms with Gasteiger partial charge in [0.05, 0.1) is 5.75 Å². The molecule has 0 aromatic heterocycles. The maximum absolute atomic E-state index is 10.8. The summed E-state index contributed by atoms with van der Waals surface area (Å²) in [6.45, 7) is 0. The number of benzene rings is 1. The monoisotopic (exact) mass is 268 g/mol. The minimum atomic E-state index is -0.277. The third-order valence-corrected chi connectivity index (χ3v) is 4.80. The van der Waals surface area contributed by atoms with Crippen LogP contribution in [0.25, 0.3) is 0 Å². The molecule has 92 valence electrons. The quantitative estimate of drug-likeness (QED) is 0.804. The smallest absolute Gasteiger partial charge is 0.227 e. The van der Waals surface area contributed by atoms with Gasteiger partial charge in [-0.2, -0.15) is 11.8 Å². The predicted molar refractivity (Wildman–Crippen MR) is 75.7 cm³/mol. The summed E-state index contributed by atoms with van der Waals surface area (Å²) in [7, 11) is 0. The average molecular weight is 268 g/mol. The molecule has 0 bridgehead atoms. The SMILES string of the molecule is NC(=O)CSc1ccccc1NC1CCSC1. The first-order valence-corrected chi connectivity index (χ1v) is 7.74. The van der Waals surface area contributed by atoms with E-state index in [0.717, 1.165) is 16.3 Å². The van der Waals surface area contributed by atoms with Gasteiger partial charge in [0.15, 0.2) is 0 Å². The lowest BCUT2D eigenvalue weighted by Gasteiger charge is -2.15. The van der Waals surface area contributed by atoms with Crippen LogP contribution in [0.3, 0.4) is 0 Å². The number of hydrogen-bond acceptors (Lipinski definition) is 4. The number of amides is 1. The summed E-state index contributed by atoms with van der Waals surface area (Å²) in [5.41, 5.74) is 6.29. The summed E-state index contributed by atoms with van der Waals surface area (Å²) in [5.74, 6) is 2.45. The fraction of sp³-hybridized carbons (Fsp3) is 0.417. The number of primary amides is 1. The van der Waals surface area contributed by atoms with Gasteiger partial charge in [-0.05, 0) is 24.3 Å². The number of carbonyl (C=O) groups excluding carboxylic acids is 1. The third kappa shape index (κ3) is 3.85. The molecule has 1 fully saturated rings. The number of hydrogen-bond donors (Lipinski definition) is 2. The Kier molecular flexibility index (Phi) is 4.62. The number of nitrogens with two attached hydrogens (primary N) is 1. The van der Waals surface area contributed by atoms with Gasteiger partial charge in [0, 0.05) is 22.4 Å². The first kappa shape index (κ1) is 12.6. The van der Waals surface area contributed by atoms with Crippen LogP contribution in [0.2, 0.25) is 0 Å². The van der Waals surface area contributed by atoms with E-state index in [2.05, 4.69) is 11.4 Å². The summed E-state index contributed by atoms with van der Waals surface area (Å²) >= 11 is 3.48. The van der Waals surface area contributed by atoms with E-state index in [0.29, 0.717) is 11.8 Å². The van der Waals surface area contributed by atoms with Gasteiger partial charge in [0.2, 0.25) is 5.91 Å². The zero-order valence-corrected chi connectivity index (χ0v) is 11.2. The Bertz CT molecular complexity index is 392. The van der Waals surface area contributed by atoms with Crippen LogP contribution < -0.4 is 11.1 Å². The maximum Gasteiger partial charge on any atom is 0.227 e. The van der Waals surface area contributed by atoms with Crippen molar-refractivity contribution < 1.29 is 4.79 Å². The zero-order valence-electron chi connectivity index (χ0n) is 9.52. The fourth-order valence-corrected chi connectivity index (χ4v) is 3.64. The first-order valence-electron chi connectivity index (χ1n) is 5.60. The van der Waals surface area contributed by atoms with Crippen LogP contribution in [-0.2, 0) is 4.79 Å². The Labute approximate surface area is 110 Å². The Balaban J connectivity index is 2.01. The molecule has 1 aliphatic rings. The molecule has 1 amide bonds. The normalized spacial score (nSPS) is 19.2. The summed E-state index contributed by atoms with van der Waals surface area (Å²) in [6.07, 6.45) is 1.21. The average Bonchev–Trinajstić information content (AvgIpc) is 2.80. The zero-order chi connectivity index (χ0) is 12.1. The van der Waals surface area contributed by atoms with E-state index in [4.69, 9.17) is 5.73 Å². The van der Waals surface area contributed by atoms with Crippen molar-refractivity contribution in [2.75, 3.05) is 22.6 Å². The van der Waals surface area contributed by atoms with Gasteiger partial charge in [0.1, 0.15) is 0 Å². The number of carbonyl (C=O) groups is 1. The molecule has 0 spiro atoms. The lowest BCUT2D eigenvalue weighted by molar-refractivity contribution is -0.115. The molecule has 1 aromatic rings. The van der Waals surface area contributed by atoms with E-state index in [1.165, 1.54) is 23.9 Å². The van der Waals surface area contributed by atoms with Gasteiger partial charge in [-0.15, -0.1) is 11.8 Å². The molecule has 2 rings (SSSR count). The van der Waals surface area contributed by atoms with Crippen molar-refractivity contribution in [1.82, 2.24) is 0 Å². The van der Waals surface area contributed by atoms with Crippen LogP contribution in [0.15, 0.2) is 29.2 Å². The number of anilines is 1. The van der Waals surface area contributed by atoms with Gasteiger partial charge in [-0.3, -0.25) is 4.79 Å². The van der Waals surface area contributed by atoms with E-state index in [1.807, 2.05) is 30.0 Å². The molecule has 1 aliphatic heterocycles. The molecule has 1 saturated heterocycles. The van der Waals surface area contributed by atoms with Crippen molar-refractivity contribution in [1.29, 1.82) is 0 Å². The molecular weight excluding hydrogens is 252 g/mol. The lowest BCUT2D eigenvalue weighted by Crippen LogP contribution is -2.18. The van der Waals surface area contributed by atoms with Crippen LogP contribution in [0, 0.1) is 0 Å². The van der Waals surface area contributed by atoms with Crippen LogP contribution in [0.5, 0.6) is 0 Å². The van der Waals surface area contributed by atoms with Crippen LogP contribution in [0.1, 0.15) is 6.42 Å². The Morgan fingerprint density at radius 1 is 1.53 bits per heavy atom. The second-order valence-corrected chi connectivity index (χ2v) is 6.12. The topological polar surface area (TPSA) is 55.1 Å². The minimum absolute atomic E-state index is 0.277. The Morgan fingerprint density at radius 2 is 2.35 bits per heavy atom. The third-order valence-electron chi connectivity index (χ3n) is 2.55. The van der Waals surface area contributed by atoms with Crippen molar-refractivity contribution in [3.63, 3.8) is 0 Å². The van der Waals surface area contributed by atoms with Crippen molar-refractivity contribution >= 4 is 35.1 Å². The second kappa shape index (κ2) is 6.21. The summed E-state index contributed by atoms with van der Waals surface area (Å²) < 4.78 is 0. The molecular formula is C12H16N2OS2. The van der Waals surface area contributed by atoms with E-state index in [-0.39, 0.29) is 5.91 Å². The highest BCUT2D eigenvalue weighted by molar-refractivity contribution is 8.00. The van der Waals surface area contributed by atoms with Gasteiger partial charge in [-0.25, -0.2) is 0 Å². The predicted octanol–water partition coefficient (Wildman–Crippen LogP) is 2.18. The highest BCUT2D eigenvalue weighted by Crippen LogP contribution is 2.29. The molecule has 1 heterocycles. The molecule has 3 N–H and O–H groups in total. The molecule has 1 atom stereocenters. The Hall–Kier alpha value is -0.810. The fourth-order valence-electron chi connectivity index (χ4n) is 1.73. The molecule has 1 aromatic carbocycles. The van der Waals surface area contributed by atoms with Crippen molar-refractivity contribution in [2.45, 2.75) is 17.4 Å². The van der Waals surface area contributed by atoms with E-state index < -0.39 is 0 Å². The molecule has 17 heavy (non-hydrogen) atoms.